The highest BCUT2D eigenvalue weighted by Crippen LogP contribution is 2.32. The normalized spacial score (nSPS) is 12.2. The number of halogens is 1. The number of aromatic carboxylic acids is 1. The minimum absolute atomic E-state index is 0.0198. The molecule has 3 aromatic rings. The molecule has 104 valence electrons. The molecule has 2 aromatic heterocycles. The first-order chi connectivity index (χ1) is 10.1. The third-order valence-electron chi connectivity index (χ3n) is 3.58. The van der Waals surface area contributed by atoms with Crippen LogP contribution < -0.4 is 0 Å². The molecule has 4 rings (SSSR count). The fourth-order valence-electron chi connectivity index (χ4n) is 2.66. The summed E-state index contributed by atoms with van der Waals surface area (Å²) in [6.07, 6.45) is 3.05. The summed E-state index contributed by atoms with van der Waals surface area (Å²) in [5, 5.41) is 13.4. The van der Waals surface area contributed by atoms with Gasteiger partial charge in [-0.1, -0.05) is 0 Å². The van der Waals surface area contributed by atoms with E-state index in [4.69, 9.17) is 0 Å². The molecule has 0 saturated heterocycles. The Morgan fingerprint density at radius 1 is 1.33 bits per heavy atom. The van der Waals surface area contributed by atoms with Crippen molar-refractivity contribution in [2.45, 2.75) is 6.54 Å². The molecule has 21 heavy (non-hydrogen) atoms. The van der Waals surface area contributed by atoms with Crippen molar-refractivity contribution >= 4 is 5.97 Å². The van der Waals surface area contributed by atoms with Crippen molar-refractivity contribution in [3.8, 4) is 16.9 Å². The number of aromatic nitrogens is 4. The van der Waals surface area contributed by atoms with Crippen LogP contribution in [0.2, 0.25) is 0 Å². The van der Waals surface area contributed by atoms with Crippen LogP contribution in [0, 0.1) is 5.82 Å². The van der Waals surface area contributed by atoms with Gasteiger partial charge in [-0.05, 0) is 24.3 Å². The van der Waals surface area contributed by atoms with Crippen LogP contribution in [0.1, 0.15) is 16.2 Å². The molecular weight excluding hydrogens is 275 g/mol. The molecule has 0 radical (unpaired) electrons. The van der Waals surface area contributed by atoms with Crippen molar-refractivity contribution in [1.29, 1.82) is 0 Å². The van der Waals surface area contributed by atoms with Gasteiger partial charge in [0, 0.05) is 11.8 Å². The van der Waals surface area contributed by atoms with E-state index in [1.165, 1.54) is 18.5 Å². The zero-order chi connectivity index (χ0) is 14.6. The quantitative estimate of drug-likeness (QED) is 0.579. The van der Waals surface area contributed by atoms with Gasteiger partial charge in [-0.2, -0.15) is 5.10 Å². The summed E-state index contributed by atoms with van der Waals surface area (Å²) in [6.45, 7) is 0.264. The number of imidazole rings is 1. The fraction of sp³-hybridized carbons (Fsp3) is 0.0714. The molecule has 0 aliphatic carbocycles. The molecule has 7 heteroatoms. The molecule has 0 spiro atoms. The van der Waals surface area contributed by atoms with Crippen molar-refractivity contribution in [3.63, 3.8) is 0 Å². The molecule has 6 nitrogen and oxygen atoms in total. The summed E-state index contributed by atoms with van der Waals surface area (Å²) in [5.74, 6) is -1.45. The van der Waals surface area contributed by atoms with E-state index in [2.05, 4.69) is 10.1 Å². The van der Waals surface area contributed by atoms with Gasteiger partial charge in [0.05, 0.1) is 23.6 Å². The molecule has 1 aliphatic heterocycles. The van der Waals surface area contributed by atoms with Crippen LogP contribution >= 0.6 is 0 Å². The minimum atomic E-state index is -1.09. The van der Waals surface area contributed by atoms with Crippen molar-refractivity contribution in [3.05, 3.63) is 54.0 Å². The van der Waals surface area contributed by atoms with E-state index in [0.29, 0.717) is 16.9 Å². The van der Waals surface area contributed by atoms with Gasteiger partial charge in [0.15, 0.2) is 5.69 Å². The van der Waals surface area contributed by atoms with Gasteiger partial charge in [-0.3, -0.25) is 9.25 Å². The van der Waals surface area contributed by atoms with E-state index in [1.54, 1.807) is 27.6 Å². The molecular formula is C14H9FN4O2. The zero-order valence-corrected chi connectivity index (χ0v) is 10.7. The number of carboxylic acid groups (broad SMARTS) is 1. The lowest BCUT2D eigenvalue weighted by Gasteiger charge is -2.08. The van der Waals surface area contributed by atoms with Crippen LogP contribution in [0.25, 0.3) is 16.9 Å². The van der Waals surface area contributed by atoms with Crippen LogP contribution in [0.4, 0.5) is 4.39 Å². The Bertz CT molecular complexity index is 881. The Kier molecular flexibility index (Phi) is 2.26. The van der Waals surface area contributed by atoms with E-state index in [-0.39, 0.29) is 18.1 Å². The topological polar surface area (TPSA) is 72.9 Å². The first kappa shape index (κ1) is 11.8. The molecule has 1 aromatic carbocycles. The summed E-state index contributed by atoms with van der Waals surface area (Å²) in [6, 6.07) is 6.15. The molecule has 3 heterocycles. The summed E-state index contributed by atoms with van der Waals surface area (Å²) in [4.78, 5) is 15.2. The molecule has 1 aliphatic rings. The van der Waals surface area contributed by atoms with Crippen LogP contribution in [-0.2, 0) is 6.54 Å². The summed E-state index contributed by atoms with van der Waals surface area (Å²) in [7, 11) is 0. The smallest absolute Gasteiger partial charge is 0.356 e. The van der Waals surface area contributed by atoms with Gasteiger partial charge in [-0.25, -0.2) is 14.2 Å². The molecule has 0 atom stereocenters. The highest BCUT2D eigenvalue weighted by Gasteiger charge is 2.25. The number of carboxylic acids is 1. The predicted molar refractivity (Wildman–Crippen MR) is 70.8 cm³/mol. The van der Waals surface area contributed by atoms with Gasteiger partial charge in [-0.15, -0.1) is 0 Å². The second-order valence-electron chi connectivity index (χ2n) is 4.75. The van der Waals surface area contributed by atoms with E-state index >= 15 is 0 Å². The Hall–Kier alpha value is -2.96. The van der Waals surface area contributed by atoms with Gasteiger partial charge < -0.3 is 5.11 Å². The second kappa shape index (κ2) is 4.02. The zero-order valence-electron chi connectivity index (χ0n) is 10.7. The standard InChI is InChI=1S/C14H9FN4O2/c15-8-1-2-10-9(5-8)11-3-4-17-19(11)6-12-13(14(20)21)16-7-18(10)12/h1-5,7H,6H2,(H,20,21). The third kappa shape index (κ3) is 1.60. The molecule has 0 fully saturated rings. The Morgan fingerprint density at radius 2 is 2.19 bits per heavy atom. The van der Waals surface area contributed by atoms with E-state index < -0.39 is 5.97 Å². The van der Waals surface area contributed by atoms with Gasteiger partial charge >= 0.3 is 5.97 Å². The van der Waals surface area contributed by atoms with E-state index in [0.717, 1.165) is 5.69 Å². The monoisotopic (exact) mass is 284 g/mol. The number of carbonyl (C=O) groups is 1. The average Bonchev–Trinajstić information content (AvgIpc) is 3.04. The molecule has 0 saturated carbocycles. The number of fused-ring (bicyclic) bond motifs is 5. The van der Waals surface area contributed by atoms with Crippen LogP contribution in [0.15, 0.2) is 36.8 Å². The number of rotatable bonds is 1. The van der Waals surface area contributed by atoms with Gasteiger partial charge in [0.1, 0.15) is 12.1 Å². The Morgan fingerprint density at radius 3 is 3.00 bits per heavy atom. The average molecular weight is 284 g/mol. The minimum Gasteiger partial charge on any atom is -0.476 e. The first-order valence-electron chi connectivity index (χ1n) is 6.27. The van der Waals surface area contributed by atoms with Crippen LogP contribution in [0.5, 0.6) is 0 Å². The SMILES string of the molecule is O=C(O)c1ncn2c1Cn1nccc1-c1cc(F)ccc1-2. The lowest BCUT2D eigenvalue weighted by Crippen LogP contribution is -2.09. The van der Waals surface area contributed by atoms with E-state index in [1.807, 2.05) is 0 Å². The van der Waals surface area contributed by atoms with Crippen molar-refractivity contribution in [2.75, 3.05) is 0 Å². The lowest BCUT2D eigenvalue weighted by molar-refractivity contribution is 0.0689. The third-order valence-corrected chi connectivity index (χ3v) is 3.58. The maximum atomic E-state index is 13.6. The number of benzene rings is 1. The number of hydrogen-bond donors (Lipinski definition) is 1. The first-order valence-corrected chi connectivity index (χ1v) is 6.27. The lowest BCUT2D eigenvalue weighted by atomic mass is 10.1. The van der Waals surface area contributed by atoms with Crippen LogP contribution in [-0.4, -0.2) is 30.4 Å². The highest BCUT2D eigenvalue weighted by atomic mass is 19.1. The maximum Gasteiger partial charge on any atom is 0.356 e. The highest BCUT2D eigenvalue weighted by molar-refractivity contribution is 5.87. The van der Waals surface area contributed by atoms with Gasteiger partial charge in [0.2, 0.25) is 0 Å². The molecule has 0 unspecified atom stereocenters. The molecule has 0 bridgehead atoms. The van der Waals surface area contributed by atoms with Crippen LogP contribution in [0.3, 0.4) is 0 Å². The maximum absolute atomic E-state index is 13.6. The summed E-state index contributed by atoms with van der Waals surface area (Å²) < 4.78 is 16.9. The fourth-order valence-corrected chi connectivity index (χ4v) is 2.66. The van der Waals surface area contributed by atoms with Crippen molar-refractivity contribution in [2.24, 2.45) is 0 Å². The second-order valence-corrected chi connectivity index (χ2v) is 4.75. The largest absolute Gasteiger partial charge is 0.476 e. The Labute approximate surface area is 118 Å². The van der Waals surface area contributed by atoms with Gasteiger partial charge in [0.25, 0.3) is 0 Å². The summed E-state index contributed by atoms with van der Waals surface area (Å²) >= 11 is 0. The summed E-state index contributed by atoms with van der Waals surface area (Å²) in [5.41, 5.74) is 2.57. The van der Waals surface area contributed by atoms with Crippen molar-refractivity contribution < 1.29 is 14.3 Å². The Balaban J connectivity index is 2.09. The predicted octanol–water partition coefficient (Wildman–Crippen LogP) is 1.93. The van der Waals surface area contributed by atoms with Crippen molar-refractivity contribution in [1.82, 2.24) is 19.3 Å². The van der Waals surface area contributed by atoms with E-state index in [9.17, 15) is 14.3 Å². The molecule has 0 amide bonds. The number of nitrogens with zero attached hydrogens (tertiary/aromatic N) is 4. The molecule has 1 N–H and O–H groups in total. The number of hydrogen-bond acceptors (Lipinski definition) is 3.